The number of urea groups is 1. The molecule has 19 heavy (non-hydrogen) atoms. The van der Waals surface area contributed by atoms with Crippen LogP contribution >= 0.6 is 0 Å². The molecule has 1 aromatic carbocycles. The van der Waals surface area contributed by atoms with E-state index in [-0.39, 0.29) is 0 Å². The first-order chi connectivity index (χ1) is 8.93. The number of hydrogen-bond acceptors (Lipinski definition) is 3. The van der Waals surface area contributed by atoms with E-state index in [9.17, 15) is 9.59 Å². The van der Waals surface area contributed by atoms with E-state index in [4.69, 9.17) is 9.84 Å². The maximum Gasteiger partial charge on any atom is 0.323 e. The number of carbonyl (C=O) groups excluding carboxylic acids is 1. The minimum absolute atomic E-state index is 0.416. The van der Waals surface area contributed by atoms with Crippen LogP contribution in [0.3, 0.4) is 0 Å². The van der Waals surface area contributed by atoms with Crippen molar-refractivity contribution in [2.75, 3.05) is 18.5 Å². The largest absolute Gasteiger partial charge is 0.494 e. The highest BCUT2D eigenvalue weighted by atomic mass is 16.5. The van der Waals surface area contributed by atoms with Crippen molar-refractivity contribution in [3.8, 4) is 5.75 Å². The van der Waals surface area contributed by atoms with Gasteiger partial charge in [-0.25, -0.2) is 4.79 Å². The molecular formula is C13H18N2O4. The molecule has 2 amide bonds. The molecule has 104 valence electrons. The Labute approximate surface area is 111 Å². The molecule has 0 saturated carbocycles. The van der Waals surface area contributed by atoms with Gasteiger partial charge in [0.15, 0.2) is 0 Å². The summed E-state index contributed by atoms with van der Waals surface area (Å²) < 4.78 is 5.45. The molecule has 0 unspecified atom stereocenters. The average molecular weight is 266 g/mol. The summed E-state index contributed by atoms with van der Waals surface area (Å²) in [6, 6.07) is 3.08. The van der Waals surface area contributed by atoms with Gasteiger partial charge in [-0.2, -0.15) is 0 Å². The summed E-state index contributed by atoms with van der Waals surface area (Å²) in [6.07, 6.45) is 0. The summed E-state index contributed by atoms with van der Waals surface area (Å²) in [7, 11) is 0. The Morgan fingerprint density at radius 1 is 1.26 bits per heavy atom. The highest BCUT2D eigenvalue weighted by Crippen LogP contribution is 2.26. The summed E-state index contributed by atoms with van der Waals surface area (Å²) in [5.74, 6) is -0.314. The first-order valence-corrected chi connectivity index (χ1v) is 5.94. The van der Waals surface area contributed by atoms with Crippen LogP contribution in [0.5, 0.6) is 5.75 Å². The van der Waals surface area contributed by atoms with Crippen LogP contribution in [-0.2, 0) is 4.79 Å². The number of aryl methyl sites for hydroxylation is 2. The topological polar surface area (TPSA) is 87.7 Å². The SMILES string of the molecule is CCOc1cc(C)c(NC(=O)NCC(=O)O)cc1C. The summed E-state index contributed by atoms with van der Waals surface area (Å²) in [5.41, 5.74) is 2.38. The number of nitrogens with one attached hydrogen (secondary N) is 2. The van der Waals surface area contributed by atoms with Crippen molar-refractivity contribution < 1.29 is 19.4 Å². The second-order valence-electron chi connectivity index (χ2n) is 4.07. The first-order valence-electron chi connectivity index (χ1n) is 5.94. The van der Waals surface area contributed by atoms with E-state index < -0.39 is 18.5 Å². The quantitative estimate of drug-likeness (QED) is 0.759. The van der Waals surface area contributed by atoms with E-state index in [1.54, 1.807) is 6.07 Å². The Bertz CT molecular complexity index is 486. The minimum Gasteiger partial charge on any atom is -0.494 e. The van der Waals surface area contributed by atoms with E-state index in [0.29, 0.717) is 12.3 Å². The number of rotatable bonds is 5. The highest BCUT2D eigenvalue weighted by molar-refractivity contribution is 5.92. The molecule has 6 heteroatoms. The lowest BCUT2D eigenvalue weighted by Crippen LogP contribution is -2.33. The number of carbonyl (C=O) groups is 2. The molecule has 0 fully saturated rings. The molecule has 0 aliphatic heterocycles. The van der Waals surface area contributed by atoms with E-state index in [1.807, 2.05) is 26.8 Å². The average Bonchev–Trinajstić information content (AvgIpc) is 2.33. The number of carboxylic acids is 1. The zero-order valence-corrected chi connectivity index (χ0v) is 11.2. The van der Waals surface area contributed by atoms with Gasteiger partial charge in [-0.05, 0) is 44.0 Å². The normalized spacial score (nSPS) is 9.84. The van der Waals surface area contributed by atoms with Crippen molar-refractivity contribution in [2.24, 2.45) is 0 Å². The summed E-state index contributed by atoms with van der Waals surface area (Å²) in [5, 5.41) is 13.3. The molecule has 0 bridgehead atoms. The zero-order chi connectivity index (χ0) is 14.4. The van der Waals surface area contributed by atoms with Crippen molar-refractivity contribution in [3.63, 3.8) is 0 Å². The summed E-state index contributed by atoms with van der Waals surface area (Å²) >= 11 is 0. The van der Waals surface area contributed by atoms with Gasteiger partial charge in [-0.1, -0.05) is 0 Å². The van der Waals surface area contributed by atoms with Crippen LogP contribution in [0.15, 0.2) is 12.1 Å². The number of aliphatic carboxylic acids is 1. The van der Waals surface area contributed by atoms with Crippen LogP contribution in [0, 0.1) is 13.8 Å². The third-order valence-electron chi connectivity index (χ3n) is 2.47. The first kappa shape index (κ1) is 14.8. The molecule has 0 heterocycles. The molecular weight excluding hydrogens is 248 g/mol. The Morgan fingerprint density at radius 3 is 2.53 bits per heavy atom. The lowest BCUT2D eigenvalue weighted by atomic mass is 10.1. The molecule has 0 spiro atoms. The third kappa shape index (κ3) is 4.50. The van der Waals surface area contributed by atoms with Crippen LogP contribution < -0.4 is 15.4 Å². The second-order valence-corrected chi connectivity index (χ2v) is 4.07. The molecule has 6 nitrogen and oxygen atoms in total. The molecule has 1 aromatic rings. The van der Waals surface area contributed by atoms with Crippen LogP contribution in [0.25, 0.3) is 0 Å². The Kier molecular flexibility index (Phi) is 5.17. The summed E-state index contributed by atoms with van der Waals surface area (Å²) in [4.78, 5) is 21.8. The Morgan fingerprint density at radius 2 is 1.95 bits per heavy atom. The number of ether oxygens (including phenoxy) is 1. The van der Waals surface area contributed by atoms with Gasteiger partial charge < -0.3 is 20.5 Å². The smallest absolute Gasteiger partial charge is 0.323 e. The molecule has 0 radical (unpaired) electrons. The van der Waals surface area contributed by atoms with Crippen molar-refractivity contribution in [2.45, 2.75) is 20.8 Å². The number of amides is 2. The number of hydrogen-bond donors (Lipinski definition) is 3. The molecule has 0 atom stereocenters. The molecule has 0 aliphatic carbocycles. The van der Waals surface area contributed by atoms with Crippen molar-refractivity contribution in [1.29, 1.82) is 0 Å². The zero-order valence-electron chi connectivity index (χ0n) is 11.2. The van der Waals surface area contributed by atoms with Gasteiger partial charge in [0.2, 0.25) is 0 Å². The molecule has 0 saturated heterocycles. The van der Waals surface area contributed by atoms with Crippen molar-refractivity contribution in [3.05, 3.63) is 23.3 Å². The van der Waals surface area contributed by atoms with E-state index in [2.05, 4.69) is 10.6 Å². The lowest BCUT2D eigenvalue weighted by molar-refractivity contribution is -0.135. The van der Waals surface area contributed by atoms with Gasteiger partial charge in [0.05, 0.1) is 6.61 Å². The predicted molar refractivity (Wildman–Crippen MR) is 71.7 cm³/mol. The van der Waals surface area contributed by atoms with Crippen LogP contribution in [0.2, 0.25) is 0 Å². The lowest BCUT2D eigenvalue weighted by Gasteiger charge is -2.13. The van der Waals surface area contributed by atoms with Crippen molar-refractivity contribution >= 4 is 17.7 Å². The fourth-order valence-electron chi connectivity index (χ4n) is 1.56. The Hall–Kier alpha value is -2.24. The van der Waals surface area contributed by atoms with Gasteiger partial charge in [0.25, 0.3) is 0 Å². The monoisotopic (exact) mass is 266 g/mol. The standard InChI is InChI=1S/C13H18N2O4/c1-4-19-11-6-8(2)10(5-9(11)3)15-13(18)14-7-12(16)17/h5-6H,4,7H2,1-3H3,(H,16,17)(H2,14,15,18). The van der Waals surface area contributed by atoms with Crippen LogP contribution in [0.1, 0.15) is 18.1 Å². The highest BCUT2D eigenvalue weighted by Gasteiger charge is 2.09. The fourth-order valence-corrected chi connectivity index (χ4v) is 1.56. The number of carboxylic acid groups (broad SMARTS) is 1. The Balaban J connectivity index is 2.76. The van der Waals surface area contributed by atoms with Gasteiger partial charge in [0, 0.05) is 5.69 Å². The van der Waals surface area contributed by atoms with Crippen LogP contribution in [0.4, 0.5) is 10.5 Å². The number of benzene rings is 1. The predicted octanol–water partition coefficient (Wildman–Crippen LogP) is 1.91. The minimum atomic E-state index is -1.09. The third-order valence-corrected chi connectivity index (χ3v) is 2.47. The van der Waals surface area contributed by atoms with Gasteiger partial charge >= 0.3 is 12.0 Å². The fraction of sp³-hybridized carbons (Fsp3) is 0.385. The van der Waals surface area contributed by atoms with Crippen molar-refractivity contribution in [1.82, 2.24) is 5.32 Å². The number of anilines is 1. The maximum absolute atomic E-state index is 11.5. The van der Waals surface area contributed by atoms with Crippen LogP contribution in [-0.4, -0.2) is 30.3 Å². The molecule has 0 aromatic heterocycles. The van der Waals surface area contributed by atoms with Gasteiger partial charge in [0.1, 0.15) is 12.3 Å². The molecule has 0 aliphatic rings. The summed E-state index contributed by atoms with van der Waals surface area (Å²) in [6.45, 7) is 5.78. The van der Waals surface area contributed by atoms with Gasteiger partial charge in [-0.3, -0.25) is 4.79 Å². The maximum atomic E-state index is 11.5. The molecule has 3 N–H and O–H groups in total. The van der Waals surface area contributed by atoms with E-state index >= 15 is 0 Å². The van der Waals surface area contributed by atoms with E-state index in [1.165, 1.54) is 0 Å². The van der Waals surface area contributed by atoms with E-state index in [0.717, 1.165) is 16.9 Å². The second kappa shape index (κ2) is 6.63. The van der Waals surface area contributed by atoms with Gasteiger partial charge in [-0.15, -0.1) is 0 Å². The molecule has 1 rings (SSSR count).